The molecule has 1 unspecified atom stereocenters. The number of hydrogen-bond donors (Lipinski definition) is 1. The van der Waals surface area contributed by atoms with Gasteiger partial charge in [-0.05, 0) is 42.8 Å². The first-order chi connectivity index (χ1) is 12.2. The normalized spacial score (nSPS) is 16.4. The second kappa shape index (κ2) is 6.43. The minimum Gasteiger partial charge on any atom is -0.348 e. The van der Waals surface area contributed by atoms with Gasteiger partial charge in [0.05, 0.1) is 0 Å². The van der Waals surface area contributed by atoms with Gasteiger partial charge in [-0.15, -0.1) is 0 Å². The van der Waals surface area contributed by atoms with Crippen molar-refractivity contribution in [3.05, 3.63) is 83.9 Å². The highest BCUT2D eigenvalue weighted by Crippen LogP contribution is 2.32. The number of fused-ring (bicyclic) bond motifs is 1. The van der Waals surface area contributed by atoms with Crippen molar-refractivity contribution in [3.63, 3.8) is 0 Å². The van der Waals surface area contributed by atoms with Gasteiger partial charge in [0.25, 0.3) is 0 Å². The Hall–Kier alpha value is -3.08. The number of hydrogen-bond acceptors (Lipinski definition) is 2. The van der Waals surface area contributed by atoms with Gasteiger partial charge in [0, 0.05) is 43.1 Å². The Kier molecular flexibility index (Phi) is 3.98. The fraction of sp³-hybridized carbons (Fsp3) is 0.200. The van der Waals surface area contributed by atoms with Crippen LogP contribution in [-0.4, -0.2) is 27.0 Å². The predicted molar refractivity (Wildman–Crippen MR) is 97.4 cm³/mol. The molecule has 4 rings (SSSR count). The number of anilines is 1. The molecule has 1 aliphatic rings. The van der Waals surface area contributed by atoms with Crippen LogP contribution in [0.2, 0.25) is 0 Å². The van der Waals surface area contributed by atoms with Crippen molar-refractivity contribution < 1.29 is 4.79 Å². The number of pyridine rings is 1. The average Bonchev–Trinajstić information content (AvgIpc) is 3.12. The van der Waals surface area contributed by atoms with E-state index in [1.165, 1.54) is 5.56 Å². The van der Waals surface area contributed by atoms with Crippen molar-refractivity contribution in [2.24, 2.45) is 0 Å². The van der Waals surface area contributed by atoms with Crippen molar-refractivity contribution in [3.8, 4) is 0 Å². The molecule has 126 valence electrons. The molecule has 0 spiro atoms. The van der Waals surface area contributed by atoms with Crippen LogP contribution < -0.4 is 5.32 Å². The number of carbonyl (C=O) groups excluding carboxylic acids is 1. The molecule has 5 nitrogen and oxygen atoms in total. The molecule has 2 amide bonds. The quantitative estimate of drug-likeness (QED) is 0.775. The number of urea groups is 1. The van der Waals surface area contributed by atoms with E-state index in [1.54, 1.807) is 6.20 Å². The fourth-order valence-electron chi connectivity index (χ4n) is 3.32. The molecule has 0 saturated heterocycles. The molecule has 1 atom stereocenters. The van der Waals surface area contributed by atoms with Crippen LogP contribution in [0.3, 0.4) is 0 Å². The molecule has 3 aromatic rings. The smallest absolute Gasteiger partial charge is 0.322 e. The zero-order valence-electron chi connectivity index (χ0n) is 14.1. The third-order valence-electron chi connectivity index (χ3n) is 4.60. The number of nitrogens with zero attached hydrogens (tertiary/aromatic N) is 3. The fourth-order valence-corrected chi connectivity index (χ4v) is 3.32. The van der Waals surface area contributed by atoms with Crippen molar-refractivity contribution in [2.45, 2.75) is 19.5 Å². The molecule has 1 aromatic carbocycles. The number of nitrogens with one attached hydrogen (secondary N) is 1. The van der Waals surface area contributed by atoms with Gasteiger partial charge in [-0.25, -0.2) is 4.79 Å². The van der Waals surface area contributed by atoms with Gasteiger partial charge < -0.3 is 14.8 Å². The lowest BCUT2D eigenvalue weighted by Crippen LogP contribution is -2.44. The molecule has 25 heavy (non-hydrogen) atoms. The minimum atomic E-state index is -0.136. The van der Waals surface area contributed by atoms with E-state index in [4.69, 9.17) is 0 Å². The molecule has 5 heteroatoms. The zero-order chi connectivity index (χ0) is 17.2. The summed E-state index contributed by atoms with van der Waals surface area (Å²) < 4.78 is 2.20. The van der Waals surface area contributed by atoms with Gasteiger partial charge in [-0.1, -0.05) is 23.8 Å². The lowest BCUT2D eigenvalue weighted by molar-refractivity contribution is 0.181. The second-order valence-corrected chi connectivity index (χ2v) is 6.30. The van der Waals surface area contributed by atoms with Crippen molar-refractivity contribution in [1.29, 1.82) is 0 Å². The maximum atomic E-state index is 13.0. The van der Waals surface area contributed by atoms with Crippen LogP contribution in [0.5, 0.6) is 0 Å². The van der Waals surface area contributed by atoms with Crippen LogP contribution in [-0.2, 0) is 6.54 Å². The van der Waals surface area contributed by atoms with Crippen molar-refractivity contribution >= 4 is 11.7 Å². The van der Waals surface area contributed by atoms with Crippen molar-refractivity contribution in [2.75, 3.05) is 11.9 Å². The number of aromatic nitrogens is 2. The van der Waals surface area contributed by atoms with E-state index in [2.05, 4.69) is 27.1 Å². The summed E-state index contributed by atoms with van der Waals surface area (Å²) in [5.74, 6) is 0. The first-order valence-electron chi connectivity index (χ1n) is 8.41. The Bertz CT molecular complexity index is 870. The molecule has 2 aromatic heterocycles. The standard InChI is InChI=1S/C20H20N4O/c1-15-6-8-17(9-7-15)22-20(25)24-13-12-23-11-3-5-18(23)19(24)16-4-2-10-21-14-16/h2-11,14,19H,12-13H2,1H3,(H,22,25). The highest BCUT2D eigenvalue weighted by atomic mass is 16.2. The van der Waals surface area contributed by atoms with Crippen LogP contribution in [0, 0.1) is 6.92 Å². The molecule has 1 N–H and O–H groups in total. The second-order valence-electron chi connectivity index (χ2n) is 6.30. The van der Waals surface area contributed by atoms with E-state index in [9.17, 15) is 4.79 Å². The van der Waals surface area contributed by atoms with E-state index in [0.717, 1.165) is 23.5 Å². The Morgan fingerprint density at radius 3 is 2.72 bits per heavy atom. The molecule has 0 aliphatic carbocycles. The van der Waals surface area contributed by atoms with Crippen LogP contribution in [0.25, 0.3) is 0 Å². The zero-order valence-corrected chi connectivity index (χ0v) is 14.1. The van der Waals surface area contributed by atoms with Crippen molar-refractivity contribution in [1.82, 2.24) is 14.5 Å². The van der Waals surface area contributed by atoms with Gasteiger partial charge in [-0.3, -0.25) is 4.98 Å². The van der Waals surface area contributed by atoms with Gasteiger partial charge in [0.2, 0.25) is 0 Å². The molecule has 1 aliphatic heterocycles. The lowest BCUT2D eigenvalue weighted by atomic mass is 10.0. The average molecular weight is 332 g/mol. The van der Waals surface area contributed by atoms with Crippen LogP contribution in [0.1, 0.15) is 22.9 Å². The summed E-state index contributed by atoms with van der Waals surface area (Å²) in [6.45, 7) is 3.47. The Morgan fingerprint density at radius 2 is 1.96 bits per heavy atom. The molecule has 0 bridgehead atoms. The highest BCUT2D eigenvalue weighted by Gasteiger charge is 2.32. The van der Waals surface area contributed by atoms with E-state index in [0.29, 0.717) is 6.54 Å². The molecule has 0 radical (unpaired) electrons. The van der Waals surface area contributed by atoms with Crippen LogP contribution in [0.15, 0.2) is 67.1 Å². The topological polar surface area (TPSA) is 50.2 Å². The van der Waals surface area contributed by atoms with Gasteiger partial charge in [0.15, 0.2) is 0 Å². The van der Waals surface area contributed by atoms with E-state index in [-0.39, 0.29) is 12.1 Å². The van der Waals surface area contributed by atoms with Gasteiger partial charge in [0.1, 0.15) is 6.04 Å². The largest absolute Gasteiger partial charge is 0.348 e. The summed E-state index contributed by atoms with van der Waals surface area (Å²) in [5, 5.41) is 3.02. The summed E-state index contributed by atoms with van der Waals surface area (Å²) in [6.07, 6.45) is 5.65. The summed E-state index contributed by atoms with van der Waals surface area (Å²) >= 11 is 0. The molecular formula is C20H20N4O. The molecule has 0 saturated carbocycles. The lowest BCUT2D eigenvalue weighted by Gasteiger charge is -2.37. The third-order valence-corrected chi connectivity index (χ3v) is 4.60. The minimum absolute atomic E-state index is 0.0924. The van der Waals surface area contributed by atoms with E-state index >= 15 is 0 Å². The number of amides is 2. The summed E-state index contributed by atoms with van der Waals surface area (Å²) in [4.78, 5) is 19.1. The number of carbonyl (C=O) groups is 1. The molecule has 0 fully saturated rings. The van der Waals surface area contributed by atoms with Gasteiger partial charge in [-0.2, -0.15) is 0 Å². The monoisotopic (exact) mass is 332 g/mol. The van der Waals surface area contributed by atoms with E-state index < -0.39 is 0 Å². The van der Waals surface area contributed by atoms with Crippen LogP contribution in [0.4, 0.5) is 10.5 Å². The molecule has 3 heterocycles. The Labute approximate surface area is 146 Å². The summed E-state index contributed by atoms with van der Waals surface area (Å²) in [6, 6.07) is 15.7. The summed E-state index contributed by atoms with van der Waals surface area (Å²) in [7, 11) is 0. The maximum Gasteiger partial charge on any atom is 0.322 e. The van der Waals surface area contributed by atoms with Crippen LogP contribution >= 0.6 is 0 Å². The SMILES string of the molecule is Cc1ccc(NC(=O)N2CCn3cccc3C2c2cccnc2)cc1. The highest BCUT2D eigenvalue weighted by molar-refractivity contribution is 5.90. The predicted octanol–water partition coefficient (Wildman–Crippen LogP) is 3.83. The maximum absolute atomic E-state index is 13.0. The number of rotatable bonds is 2. The Morgan fingerprint density at radius 1 is 1.12 bits per heavy atom. The van der Waals surface area contributed by atoms with E-state index in [1.807, 2.05) is 60.5 Å². The van der Waals surface area contributed by atoms with Gasteiger partial charge >= 0.3 is 6.03 Å². The Balaban J connectivity index is 1.65. The molecular weight excluding hydrogens is 312 g/mol. The third kappa shape index (κ3) is 3.01. The number of benzene rings is 1. The first kappa shape index (κ1) is 15.4. The number of aryl methyl sites for hydroxylation is 1. The summed E-state index contributed by atoms with van der Waals surface area (Å²) in [5.41, 5.74) is 4.10. The first-order valence-corrected chi connectivity index (χ1v) is 8.41.